The molecule has 1 aliphatic rings. The van der Waals surface area contributed by atoms with E-state index in [0.29, 0.717) is 30.6 Å². The third-order valence-corrected chi connectivity index (χ3v) is 6.05. The van der Waals surface area contributed by atoms with Gasteiger partial charge in [0.15, 0.2) is 0 Å². The molecule has 2 atom stereocenters. The average Bonchev–Trinajstić information content (AvgIpc) is 3.39. The van der Waals surface area contributed by atoms with Gasteiger partial charge in [-0.15, -0.1) is 11.3 Å². The number of nitrogens with two attached hydrogens (primary N) is 1. The number of carbonyl (C=O) groups is 1. The summed E-state index contributed by atoms with van der Waals surface area (Å²) in [5, 5.41) is 19.0. The highest BCUT2D eigenvalue weighted by Crippen LogP contribution is 2.31. The van der Waals surface area contributed by atoms with Gasteiger partial charge in [0.1, 0.15) is 6.07 Å². The van der Waals surface area contributed by atoms with Crippen molar-refractivity contribution in [3.8, 4) is 6.07 Å². The number of fused-ring (bicyclic) bond motifs is 1. The van der Waals surface area contributed by atoms with Crippen LogP contribution < -0.4 is 16.4 Å². The van der Waals surface area contributed by atoms with Crippen molar-refractivity contribution in [3.05, 3.63) is 64.0 Å². The molecule has 1 aliphatic heterocycles. The lowest BCUT2D eigenvalue weighted by atomic mass is 9.89. The molecule has 0 aliphatic carbocycles. The maximum atomic E-state index is 12.9. The van der Waals surface area contributed by atoms with Crippen molar-refractivity contribution in [1.29, 1.82) is 5.26 Å². The molecule has 2 aromatic heterocycles. The summed E-state index contributed by atoms with van der Waals surface area (Å²) in [5.74, 6) is -0.226. The Hall–Kier alpha value is -2.79. The van der Waals surface area contributed by atoms with E-state index in [1.807, 2.05) is 47.8 Å². The maximum Gasteiger partial charge on any atom is 0.238 e. The van der Waals surface area contributed by atoms with E-state index in [1.165, 1.54) is 0 Å². The first-order valence-corrected chi connectivity index (χ1v) is 10.1. The van der Waals surface area contributed by atoms with Crippen molar-refractivity contribution in [3.63, 3.8) is 0 Å². The number of aromatic nitrogens is 1. The van der Waals surface area contributed by atoms with Gasteiger partial charge in [0.05, 0.1) is 28.4 Å². The van der Waals surface area contributed by atoms with Crippen LogP contribution in [0.2, 0.25) is 0 Å². The second-order valence-electron chi connectivity index (χ2n) is 7.08. The number of carbonyl (C=O) groups excluding carboxylic acids is 1. The topological polar surface area (TPSA) is 104 Å². The molecule has 1 fully saturated rings. The Morgan fingerprint density at radius 1 is 1.39 bits per heavy atom. The predicted octanol–water partition coefficient (Wildman–Crippen LogP) is 2.04. The van der Waals surface area contributed by atoms with E-state index in [-0.39, 0.29) is 5.91 Å². The maximum absolute atomic E-state index is 12.9. The molecule has 3 heterocycles. The van der Waals surface area contributed by atoms with Crippen LogP contribution in [-0.2, 0) is 16.8 Å². The van der Waals surface area contributed by atoms with E-state index >= 15 is 0 Å². The number of hydrogen-bond acceptors (Lipinski definition) is 6. The number of nitrogens with one attached hydrogen (secondary N) is 2. The Kier molecular flexibility index (Phi) is 5.09. The van der Waals surface area contributed by atoms with E-state index in [1.54, 1.807) is 11.3 Å². The van der Waals surface area contributed by atoms with Gasteiger partial charge in [-0.2, -0.15) is 5.26 Å². The minimum Gasteiger partial charge on any atom is -0.342 e. The number of benzene rings is 1. The number of thiophene rings is 1. The minimum absolute atomic E-state index is 0.226. The summed E-state index contributed by atoms with van der Waals surface area (Å²) >= 11 is 1.59. The predicted molar refractivity (Wildman–Crippen MR) is 110 cm³/mol. The molecular formula is C21H21N5OS. The highest BCUT2D eigenvalue weighted by atomic mass is 32.1. The van der Waals surface area contributed by atoms with Crippen LogP contribution in [0.15, 0.2) is 47.8 Å². The summed E-state index contributed by atoms with van der Waals surface area (Å²) in [4.78, 5) is 18.7. The van der Waals surface area contributed by atoms with Gasteiger partial charge in [-0.25, -0.2) is 4.98 Å². The summed E-state index contributed by atoms with van der Waals surface area (Å²) in [7, 11) is 0. The monoisotopic (exact) mass is 391 g/mol. The van der Waals surface area contributed by atoms with Crippen LogP contribution in [0.1, 0.15) is 22.6 Å². The standard InChI is InChI=1S/C21H21N5OS/c22-12-15-10-14-4-1-2-6-18(14)25-19(15)21(7-8-24-13-21)26-20(27)17(23)11-16-5-3-9-28-16/h1-6,9-10,17,24H,7-8,11,13,23H2,(H,26,27)/t17-,21-/m0/s1. The third kappa shape index (κ3) is 3.50. The highest BCUT2D eigenvalue weighted by Gasteiger charge is 2.41. The fourth-order valence-electron chi connectivity index (χ4n) is 3.69. The highest BCUT2D eigenvalue weighted by molar-refractivity contribution is 7.09. The van der Waals surface area contributed by atoms with Gasteiger partial charge in [0, 0.05) is 23.2 Å². The van der Waals surface area contributed by atoms with Crippen LogP contribution in [0.4, 0.5) is 0 Å². The first-order chi connectivity index (χ1) is 13.6. The van der Waals surface area contributed by atoms with Crippen LogP contribution in [0.25, 0.3) is 10.9 Å². The Morgan fingerprint density at radius 3 is 2.96 bits per heavy atom. The molecule has 4 N–H and O–H groups in total. The van der Waals surface area contributed by atoms with Gasteiger partial charge in [-0.1, -0.05) is 24.3 Å². The molecule has 0 unspecified atom stereocenters. The van der Waals surface area contributed by atoms with Crippen molar-refractivity contribution >= 4 is 28.1 Å². The molecule has 142 valence electrons. The first kappa shape index (κ1) is 18.6. The molecule has 6 nitrogen and oxygen atoms in total. The quantitative estimate of drug-likeness (QED) is 0.617. The normalized spacial score (nSPS) is 20.0. The molecule has 1 amide bonds. The Morgan fingerprint density at radius 2 is 2.25 bits per heavy atom. The van der Waals surface area contributed by atoms with Gasteiger partial charge in [0.25, 0.3) is 0 Å². The smallest absolute Gasteiger partial charge is 0.238 e. The second-order valence-corrected chi connectivity index (χ2v) is 8.11. The van der Waals surface area contributed by atoms with Crippen molar-refractivity contribution < 1.29 is 4.79 Å². The van der Waals surface area contributed by atoms with Crippen molar-refractivity contribution in [2.75, 3.05) is 13.1 Å². The van der Waals surface area contributed by atoms with E-state index in [0.717, 1.165) is 22.3 Å². The van der Waals surface area contributed by atoms with Crippen molar-refractivity contribution in [2.24, 2.45) is 5.73 Å². The zero-order valence-corrected chi connectivity index (χ0v) is 16.1. The summed E-state index contributed by atoms with van der Waals surface area (Å²) in [6.07, 6.45) is 1.15. The molecule has 1 aromatic carbocycles. The van der Waals surface area contributed by atoms with Crippen molar-refractivity contribution in [2.45, 2.75) is 24.4 Å². The number of hydrogen-bond donors (Lipinski definition) is 3. The van der Waals surface area contributed by atoms with Crippen LogP contribution in [0.5, 0.6) is 0 Å². The van der Waals surface area contributed by atoms with Crippen molar-refractivity contribution in [1.82, 2.24) is 15.6 Å². The molecule has 28 heavy (non-hydrogen) atoms. The summed E-state index contributed by atoms with van der Waals surface area (Å²) in [5.41, 5.74) is 7.33. The Bertz CT molecular complexity index is 1030. The number of nitriles is 1. The SMILES string of the molecule is N#Cc1cc2ccccc2nc1[C@]1(NC(=O)[C@@H](N)Cc2cccs2)CCNC1. The molecule has 0 spiro atoms. The van der Waals surface area contributed by atoms with Gasteiger partial charge in [0.2, 0.25) is 5.91 Å². The number of rotatable bonds is 5. The van der Waals surface area contributed by atoms with Crippen LogP contribution >= 0.6 is 11.3 Å². The fraction of sp³-hybridized carbons (Fsp3) is 0.286. The van der Waals surface area contributed by atoms with Gasteiger partial charge in [-0.05, 0) is 36.5 Å². The molecule has 3 aromatic rings. The molecule has 4 rings (SSSR count). The lowest BCUT2D eigenvalue weighted by molar-refractivity contribution is -0.124. The van der Waals surface area contributed by atoms with E-state index in [9.17, 15) is 10.1 Å². The van der Waals surface area contributed by atoms with Crippen LogP contribution in [0.3, 0.4) is 0 Å². The van der Waals surface area contributed by atoms with Gasteiger partial charge >= 0.3 is 0 Å². The lowest BCUT2D eigenvalue weighted by Crippen LogP contribution is -2.54. The fourth-order valence-corrected chi connectivity index (χ4v) is 4.46. The molecule has 0 saturated carbocycles. The molecular weight excluding hydrogens is 370 g/mol. The first-order valence-electron chi connectivity index (χ1n) is 9.22. The number of amides is 1. The van der Waals surface area contributed by atoms with Crippen LogP contribution in [-0.4, -0.2) is 30.0 Å². The zero-order chi connectivity index (χ0) is 19.6. The van der Waals surface area contributed by atoms with E-state index in [4.69, 9.17) is 10.7 Å². The van der Waals surface area contributed by atoms with E-state index in [2.05, 4.69) is 16.7 Å². The number of para-hydroxylation sites is 1. The largest absolute Gasteiger partial charge is 0.342 e. The third-order valence-electron chi connectivity index (χ3n) is 5.15. The molecule has 1 saturated heterocycles. The molecule has 7 heteroatoms. The summed E-state index contributed by atoms with van der Waals surface area (Å²) in [6.45, 7) is 1.25. The van der Waals surface area contributed by atoms with E-state index < -0.39 is 11.6 Å². The lowest BCUT2D eigenvalue weighted by Gasteiger charge is -2.31. The summed E-state index contributed by atoms with van der Waals surface area (Å²) < 4.78 is 0. The average molecular weight is 392 g/mol. The van der Waals surface area contributed by atoms with Crippen LogP contribution in [0, 0.1) is 11.3 Å². The Balaban J connectivity index is 1.67. The second kappa shape index (κ2) is 7.68. The molecule has 0 bridgehead atoms. The minimum atomic E-state index is -0.737. The zero-order valence-electron chi connectivity index (χ0n) is 15.3. The molecule has 0 radical (unpaired) electrons. The van der Waals surface area contributed by atoms with Gasteiger partial charge < -0.3 is 16.4 Å². The summed E-state index contributed by atoms with van der Waals surface area (Å²) in [6, 6.07) is 15.1. The van der Waals surface area contributed by atoms with Gasteiger partial charge in [-0.3, -0.25) is 4.79 Å². The Labute approximate surface area is 167 Å². The number of nitrogens with zero attached hydrogens (tertiary/aromatic N) is 2. The number of pyridine rings is 1.